The van der Waals surface area contributed by atoms with Crippen molar-refractivity contribution in [1.29, 1.82) is 0 Å². The van der Waals surface area contributed by atoms with Crippen LogP contribution in [0.2, 0.25) is 0 Å². The van der Waals surface area contributed by atoms with Crippen LogP contribution in [-0.2, 0) is 28.9 Å². The van der Waals surface area contributed by atoms with Crippen molar-refractivity contribution in [2.75, 3.05) is 47.6 Å². The summed E-state index contributed by atoms with van der Waals surface area (Å²) in [7, 11) is 4.83. The maximum Gasteiger partial charge on any atom is 0.254 e. The molecule has 0 N–H and O–H groups in total. The minimum Gasteiger partial charge on any atom is -0.493 e. The number of methoxy groups -OCH3 is 3. The monoisotopic (exact) mass is 580 g/mol. The molecule has 0 aliphatic carbocycles. The lowest BCUT2D eigenvalue weighted by atomic mass is 10.0. The lowest BCUT2D eigenvalue weighted by Crippen LogP contribution is -2.44. The first kappa shape index (κ1) is 32.2. The maximum absolute atomic E-state index is 13.8. The molecular weight excluding hydrogens is 536 g/mol. The molecule has 3 aromatic rings. The number of aryl methyl sites for hydroxylation is 2. The van der Waals surface area contributed by atoms with Gasteiger partial charge in [-0.25, -0.2) is 0 Å². The molecule has 0 spiro atoms. The first-order valence-electron chi connectivity index (χ1n) is 14.3. The standard InChI is InChI=1S/C33H44N2O5S/c1-6-7-8-9-26-11-14-28(15-12-26)33(37)35(20-21-38-3)24-32(36)34(23-29-16-10-25(2)41-29)19-18-27-13-17-30(39-4)31(22-27)40-5/h10-17,22H,6-9,18-21,23-24H2,1-5H3. The van der Waals surface area contributed by atoms with Crippen LogP contribution in [0.1, 0.15) is 57.4 Å². The third-order valence-corrected chi connectivity index (χ3v) is 8.05. The van der Waals surface area contributed by atoms with Crippen LogP contribution in [0.15, 0.2) is 54.6 Å². The van der Waals surface area contributed by atoms with E-state index in [2.05, 4.69) is 26.0 Å². The van der Waals surface area contributed by atoms with Gasteiger partial charge in [-0.05, 0) is 73.7 Å². The summed E-state index contributed by atoms with van der Waals surface area (Å²) in [5.74, 6) is 1.06. The van der Waals surface area contributed by atoms with E-state index in [0.717, 1.165) is 23.3 Å². The number of nitrogens with zero attached hydrogens (tertiary/aromatic N) is 2. The van der Waals surface area contributed by atoms with Crippen LogP contribution in [0.3, 0.4) is 0 Å². The summed E-state index contributed by atoms with van der Waals surface area (Å²) in [6.45, 7) is 5.91. The number of carbonyl (C=O) groups excluding carboxylic acids is 2. The molecular formula is C33H44N2O5S. The van der Waals surface area contributed by atoms with Crippen molar-refractivity contribution in [3.8, 4) is 11.5 Å². The Kier molecular flexibility index (Phi) is 13.2. The van der Waals surface area contributed by atoms with Crippen molar-refractivity contribution in [2.45, 2.75) is 52.5 Å². The largest absolute Gasteiger partial charge is 0.493 e. The first-order chi connectivity index (χ1) is 19.9. The Labute approximate surface area is 249 Å². The van der Waals surface area contributed by atoms with Gasteiger partial charge in [-0.15, -0.1) is 11.3 Å². The molecule has 7 nitrogen and oxygen atoms in total. The van der Waals surface area contributed by atoms with Gasteiger partial charge >= 0.3 is 0 Å². The second-order valence-corrected chi connectivity index (χ2v) is 11.5. The zero-order valence-electron chi connectivity index (χ0n) is 25.1. The average molecular weight is 581 g/mol. The molecule has 1 heterocycles. The first-order valence-corrected chi connectivity index (χ1v) is 15.1. The SMILES string of the molecule is CCCCCc1ccc(C(=O)N(CCOC)CC(=O)N(CCc2ccc(OC)c(OC)c2)Cc2ccc(C)s2)cc1. The smallest absolute Gasteiger partial charge is 0.254 e. The molecule has 0 atom stereocenters. The highest BCUT2D eigenvalue weighted by Gasteiger charge is 2.23. The van der Waals surface area contributed by atoms with Crippen molar-refractivity contribution < 1.29 is 23.8 Å². The highest BCUT2D eigenvalue weighted by atomic mass is 32.1. The predicted molar refractivity (Wildman–Crippen MR) is 165 cm³/mol. The van der Waals surface area contributed by atoms with Crippen LogP contribution >= 0.6 is 11.3 Å². The summed E-state index contributed by atoms with van der Waals surface area (Å²) in [5.41, 5.74) is 2.84. The zero-order chi connectivity index (χ0) is 29.6. The Morgan fingerprint density at radius 1 is 0.805 bits per heavy atom. The van der Waals surface area contributed by atoms with Gasteiger partial charge in [-0.2, -0.15) is 0 Å². The van der Waals surface area contributed by atoms with E-state index in [4.69, 9.17) is 14.2 Å². The fourth-order valence-corrected chi connectivity index (χ4v) is 5.55. The number of ether oxygens (including phenoxy) is 3. The second kappa shape index (κ2) is 16.8. The van der Waals surface area contributed by atoms with Gasteiger partial charge in [0.05, 0.1) is 27.4 Å². The van der Waals surface area contributed by atoms with Gasteiger partial charge < -0.3 is 24.0 Å². The molecule has 2 amide bonds. The van der Waals surface area contributed by atoms with Crippen LogP contribution in [0, 0.1) is 6.92 Å². The van der Waals surface area contributed by atoms with E-state index in [0.29, 0.717) is 49.7 Å². The molecule has 0 unspecified atom stereocenters. The molecule has 0 bridgehead atoms. The second-order valence-electron chi connectivity index (χ2n) is 10.1. The molecule has 0 aliphatic heterocycles. The van der Waals surface area contributed by atoms with Crippen LogP contribution in [0.5, 0.6) is 11.5 Å². The summed E-state index contributed by atoms with van der Waals surface area (Å²) < 4.78 is 16.1. The summed E-state index contributed by atoms with van der Waals surface area (Å²) in [4.78, 5) is 33.0. The minimum atomic E-state index is -0.165. The molecule has 3 rings (SSSR count). The number of amides is 2. The molecule has 0 aliphatic rings. The molecule has 222 valence electrons. The van der Waals surface area contributed by atoms with E-state index < -0.39 is 0 Å². The van der Waals surface area contributed by atoms with E-state index in [-0.39, 0.29) is 18.4 Å². The Hall–Kier alpha value is -3.36. The van der Waals surface area contributed by atoms with Gasteiger partial charge in [0, 0.05) is 35.5 Å². The van der Waals surface area contributed by atoms with Crippen molar-refractivity contribution in [2.24, 2.45) is 0 Å². The molecule has 8 heteroatoms. The third kappa shape index (κ3) is 9.90. The maximum atomic E-state index is 13.8. The minimum absolute atomic E-state index is 0.0171. The van der Waals surface area contributed by atoms with Gasteiger partial charge in [-0.3, -0.25) is 9.59 Å². The van der Waals surface area contributed by atoms with Gasteiger partial charge in [0.2, 0.25) is 5.91 Å². The molecule has 41 heavy (non-hydrogen) atoms. The van der Waals surface area contributed by atoms with Gasteiger partial charge in [0.1, 0.15) is 6.54 Å². The predicted octanol–water partition coefficient (Wildman–Crippen LogP) is 6.17. The zero-order valence-corrected chi connectivity index (χ0v) is 25.9. The molecule has 2 aromatic carbocycles. The Balaban J connectivity index is 1.75. The summed E-state index contributed by atoms with van der Waals surface area (Å²) >= 11 is 1.68. The van der Waals surface area contributed by atoms with Crippen LogP contribution < -0.4 is 9.47 Å². The summed E-state index contributed by atoms with van der Waals surface area (Å²) in [6.07, 6.45) is 5.16. The molecule has 0 fully saturated rings. The van der Waals surface area contributed by atoms with E-state index in [1.54, 1.807) is 37.6 Å². The quantitative estimate of drug-likeness (QED) is 0.179. The van der Waals surface area contributed by atoms with E-state index >= 15 is 0 Å². The fourth-order valence-electron chi connectivity index (χ4n) is 4.64. The molecule has 0 saturated heterocycles. The number of thiophene rings is 1. The summed E-state index contributed by atoms with van der Waals surface area (Å²) in [5, 5.41) is 0. The van der Waals surface area contributed by atoms with Crippen LogP contribution in [0.25, 0.3) is 0 Å². The van der Waals surface area contributed by atoms with Crippen LogP contribution in [-0.4, -0.2) is 69.2 Å². The summed E-state index contributed by atoms with van der Waals surface area (Å²) in [6, 6.07) is 17.7. The topological polar surface area (TPSA) is 68.3 Å². The Morgan fingerprint density at radius 2 is 1.54 bits per heavy atom. The molecule has 0 radical (unpaired) electrons. The van der Waals surface area contributed by atoms with E-state index in [1.807, 2.05) is 47.4 Å². The lowest BCUT2D eigenvalue weighted by molar-refractivity contribution is -0.132. The Bertz CT molecular complexity index is 1240. The lowest BCUT2D eigenvalue weighted by Gasteiger charge is -2.28. The number of benzene rings is 2. The fraction of sp³-hybridized carbons (Fsp3) is 0.455. The number of hydrogen-bond donors (Lipinski definition) is 0. The highest BCUT2D eigenvalue weighted by molar-refractivity contribution is 7.11. The average Bonchev–Trinajstić information content (AvgIpc) is 3.41. The van der Waals surface area contributed by atoms with Crippen LogP contribution in [0.4, 0.5) is 0 Å². The van der Waals surface area contributed by atoms with Gasteiger partial charge in [0.25, 0.3) is 5.91 Å². The molecule has 0 saturated carbocycles. The van der Waals surface area contributed by atoms with Gasteiger partial charge in [0.15, 0.2) is 11.5 Å². The van der Waals surface area contributed by atoms with Crippen molar-refractivity contribution >= 4 is 23.2 Å². The van der Waals surface area contributed by atoms with Crippen molar-refractivity contribution in [3.05, 3.63) is 81.0 Å². The van der Waals surface area contributed by atoms with Gasteiger partial charge in [-0.1, -0.05) is 38.0 Å². The highest BCUT2D eigenvalue weighted by Crippen LogP contribution is 2.28. The Morgan fingerprint density at radius 3 is 2.17 bits per heavy atom. The third-order valence-electron chi connectivity index (χ3n) is 7.06. The van der Waals surface area contributed by atoms with Crippen molar-refractivity contribution in [1.82, 2.24) is 9.80 Å². The number of carbonyl (C=O) groups is 2. The number of rotatable bonds is 17. The number of unbranched alkanes of at least 4 members (excludes halogenated alkanes) is 2. The normalized spacial score (nSPS) is 10.9. The van der Waals surface area contributed by atoms with E-state index in [1.165, 1.54) is 23.3 Å². The van der Waals surface area contributed by atoms with Crippen molar-refractivity contribution in [3.63, 3.8) is 0 Å². The molecule has 1 aromatic heterocycles. The number of hydrogen-bond acceptors (Lipinski definition) is 6. The van der Waals surface area contributed by atoms with E-state index in [9.17, 15) is 9.59 Å².